The quantitative estimate of drug-likeness (QED) is 0.596. The van der Waals surface area contributed by atoms with Crippen molar-refractivity contribution in [1.82, 2.24) is 15.5 Å². The van der Waals surface area contributed by atoms with E-state index in [0.717, 1.165) is 16.9 Å². The molecule has 2 aromatic carbocycles. The number of carbonyl (C=O) groups excluding carboxylic acids is 1. The highest BCUT2D eigenvalue weighted by atomic mass is 35.5. The van der Waals surface area contributed by atoms with Crippen molar-refractivity contribution in [3.05, 3.63) is 59.1 Å². The van der Waals surface area contributed by atoms with Gasteiger partial charge in [0.1, 0.15) is 5.75 Å². The van der Waals surface area contributed by atoms with Crippen LogP contribution in [0.4, 0.5) is 0 Å². The van der Waals surface area contributed by atoms with Gasteiger partial charge in [-0.15, -0.1) is 10.2 Å². The van der Waals surface area contributed by atoms with Crippen LogP contribution in [0.1, 0.15) is 12.5 Å². The van der Waals surface area contributed by atoms with Gasteiger partial charge in [-0.25, -0.2) is 0 Å². The second kappa shape index (κ2) is 8.92. The molecule has 0 radical (unpaired) electrons. The number of rotatable bonds is 7. The fourth-order valence-corrected chi connectivity index (χ4v) is 3.19. The monoisotopic (exact) mass is 403 g/mol. The predicted octanol–water partition coefficient (Wildman–Crippen LogP) is 4.20. The van der Waals surface area contributed by atoms with E-state index in [0.29, 0.717) is 22.7 Å². The molecule has 0 aliphatic carbocycles. The van der Waals surface area contributed by atoms with Crippen molar-refractivity contribution in [1.29, 1.82) is 0 Å². The lowest BCUT2D eigenvalue weighted by molar-refractivity contribution is -0.120. The molecule has 1 N–H and O–H groups in total. The number of methoxy groups -OCH3 is 1. The fourth-order valence-electron chi connectivity index (χ4n) is 2.28. The third kappa shape index (κ3) is 5.02. The van der Waals surface area contributed by atoms with Gasteiger partial charge < -0.3 is 14.5 Å². The third-order valence-corrected chi connectivity index (χ3v) is 5.10. The highest BCUT2D eigenvalue weighted by Crippen LogP contribution is 2.27. The van der Waals surface area contributed by atoms with E-state index in [1.807, 2.05) is 42.5 Å². The second-order valence-electron chi connectivity index (χ2n) is 5.67. The Hall–Kier alpha value is -2.51. The first-order chi connectivity index (χ1) is 13.1. The van der Waals surface area contributed by atoms with Crippen molar-refractivity contribution in [2.75, 3.05) is 7.11 Å². The molecule has 0 saturated heterocycles. The van der Waals surface area contributed by atoms with Gasteiger partial charge in [0, 0.05) is 17.1 Å². The third-order valence-electron chi connectivity index (χ3n) is 3.80. The summed E-state index contributed by atoms with van der Waals surface area (Å²) in [6.45, 7) is 2.15. The highest BCUT2D eigenvalue weighted by molar-refractivity contribution is 8.00. The standard InChI is InChI=1S/C19H18ClN3O3S/c1-12(17(24)21-11-14-5-3-4-6-16(14)20)27-19-23-22-18(26-19)13-7-9-15(25-2)10-8-13/h3-10,12H,11H2,1-2H3,(H,21,24)/t12-/m1/s1. The van der Waals surface area contributed by atoms with Crippen molar-refractivity contribution in [3.63, 3.8) is 0 Å². The van der Waals surface area contributed by atoms with Crippen LogP contribution in [-0.2, 0) is 11.3 Å². The minimum atomic E-state index is -0.392. The molecule has 0 bridgehead atoms. The lowest BCUT2D eigenvalue weighted by Gasteiger charge is -2.10. The lowest BCUT2D eigenvalue weighted by atomic mass is 10.2. The number of benzene rings is 2. The molecule has 3 rings (SSSR count). The summed E-state index contributed by atoms with van der Waals surface area (Å²) in [7, 11) is 1.61. The highest BCUT2D eigenvalue weighted by Gasteiger charge is 2.19. The molecule has 0 aliphatic heterocycles. The first-order valence-electron chi connectivity index (χ1n) is 8.22. The van der Waals surface area contributed by atoms with Crippen molar-refractivity contribution < 1.29 is 13.9 Å². The molecular formula is C19H18ClN3O3S. The number of carbonyl (C=O) groups is 1. The molecule has 0 fully saturated rings. The first-order valence-corrected chi connectivity index (χ1v) is 9.48. The van der Waals surface area contributed by atoms with Crippen LogP contribution in [0.5, 0.6) is 5.75 Å². The summed E-state index contributed by atoms with van der Waals surface area (Å²) in [5.74, 6) is 1.00. The summed E-state index contributed by atoms with van der Waals surface area (Å²) in [5, 5.41) is 11.5. The number of amides is 1. The molecule has 8 heteroatoms. The van der Waals surface area contributed by atoms with E-state index in [-0.39, 0.29) is 5.91 Å². The summed E-state index contributed by atoms with van der Waals surface area (Å²) >= 11 is 7.30. The number of hydrogen-bond acceptors (Lipinski definition) is 6. The van der Waals surface area contributed by atoms with Crippen LogP contribution in [0.25, 0.3) is 11.5 Å². The van der Waals surface area contributed by atoms with Gasteiger partial charge in [0.05, 0.1) is 12.4 Å². The van der Waals surface area contributed by atoms with E-state index < -0.39 is 5.25 Å². The number of halogens is 1. The zero-order valence-electron chi connectivity index (χ0n) is 14.8. The number of thioether (sulfide) groups is 1. The molecule has 1 atom stereocenters. The van der Waals surface area contributed by atoms with Gasteiger partial charge in [-0.2, -0.15) is 0 Å². The van der Waals surface area contributed by atoms with Crippen LogP contribution in [0.15, 0.2) is 58.2 Å². The Morgan fingerprint density at radius 1 is 1.22 bits per heavy atom. The van der Waals surface area contributed by atoms with Crippen LogP contribution in [-0.4, -0.2) is 28.5 Å². The summed E-state index contributed by atoms with van der Waals surface area (Å²) in [6.07, 6.45) is 0. The number of nitrogens with zero attached hydrogens (tertiary/aromatic N) is 2. The Kier molecular flexibility index (Phi) is 6.36. The van der Waals surface area contributed by atoms with E-state index in [1.165, 1.54) is 11.8 Å². The molecule has 1 heterocycles. The first kappa shape index (κ1) is 19.3. The molecule has 140 valence electrons. The Balaban J connectivity index is 1.57. The molecule has 0 aliphatic rings. The van der Waals surface area contributed by atoms with E-state index in [2.05, 4.69) is 15.5 Å². The van der Waals surface area contributed by atoms with Gasteiger partial charge in [0.15, 0.2) is 0 Å². The van der Waals surface area contributed by atoms with Crippen molar-refractivity contribution in [2.45, 2.75) is 23.9 Å². The molecule has 6 nitrogen and oxygen atoms in total. The normalized spacial score (nSPS) is 11.8. The van der Waals surface area contributed by atoms with Gasteiger partial charge in [0.25, 0.3) is 5.22 Å². The molecule has 0 spiro atoms. The Bertz CT molecular complexity index is 915. The molecule has 27 heavy (non-hydrogen) atoms. The molecule has 1 amide bonds. The Morgan fingerprint density at radius 3 is 2.67 bits per heavy atom. The van der Waals surface area contributed by atoms with E-state index in [1.54, 1.807) is 20.1 Å². The SMILES string of the molecule is COc1ccc(-c2nnc(S[C@H](C)C(=O)NCc3ccccc3Cl)o2)cc1. The zero-order valence-corrected chi connectivity index (χ0v) is 16.4. The maximum atomic E-state index is 12.3. The van der Waals surface area contributed by atoms with Gasteiger partial charge in [-0.1, -0.05) is 41.6 Å². The van der Waals surface area contributed by atoms with Crippen molar-refractivity contribution in [3.8, 4) is 17.2 Å². The van der Waals surface area contributed by atoms with Crippen LogP contribution in [0.3, 0.4) is 0 Å². The van der Waals surface area contributed by atoms with Crippen LogP contribution in [0.2, 0.25) is 5.02 Å². The topological polar surface area (TPSA) is 77.2 Å². The van der Waals surface area contributed by atoms with Gasteiger partial charge >= 0.3 is 0 Å². The van der Waals surface area contributed by atoms with Crippen molar-refractivity contribution >= 4 is 29.3 Å². The smallest absolute Gasteiger partial charge is 0.277 e. The van der Waals surface area contributed by atoms with Crippen LogP contribution < -0.4 is 10.1 Å². The largest absolute Gasteiger partial charge is 0.497 e. The van der Waals surface area contributed by atoms with E-state index in [9.17, 15) is 4.79 Å². The van der Waals surface area contributed by atoms with Gasteiger partial charge in [-0.05, 0) is 42.8 Å². The minimum absolute atomic E-state index is 0.135. The van der Waals surface area contributed by atoms with E-state index >= 15 is 0 Å². The second-order valence-corrected chi connectivity index (χ2v) is 7.37. The summed E-state index contributed by atoms with van der Waals surface area (Å²) in [4.78, 5) is 12.3. The number of ether oxygens (including phenoxy) is 1. The Morgan fingerprint density at radius 2 is 1.96 bits per heavy atom. The maximum absolute atomic E-state index is 12.3. The minimum Gasteiger partial charge on any atom is -0.497 e. The average molecular weight is 404 g/mol. The predicted molar refractivity (Wildman–Crippen MR) is 105 cm³/mol. The number of aromatic nitrogens is 2. The summed E-state index contributed by atoms with van der Waals surface area (Å²) in [5.41, 5.74) is 1.65. The maximum Gasteiger partial charge on any atom is 0.277 e. The van der Waals surface area contributed by atoms with Crippen LogP contribution in [0, 0.1) is 0 Å². The van der Waals surface area contributed by atoms with Crippen LogP contribution >= 0.6 is 23.4 Å². The summed E-state index contributed by atoms with van der Waals surface area (Å²) in [6, 6.07) is 14.7. The fraction of sp³-hybridized carbons (Fsp3) is 0.211. The lowest BCUT2D eigenvalue weighted by Crippen LogP contribution is -2.30. The average Bonchev–Trinajstić information content (AvgIpc) is 3.15. The number of nitrogens with one attached hydrogen (secondary N) is 1. The molecule has 3 aromatic rings. The van der Waals surface area contributed by atoms with Gasteiger partial charge in [-0.3, -0.25) is 4.79 Å². The number of hydrogen-bond donors (Lipinski definition) is 1. The molecule has 0 unspecified atom stereocenters. The van der Waals surface area contributed by atoms with Gasteiger partial charge in [0.2, 0.25) is 11.8 Å². The molecule has 1 aromatic heterocycles. The molecular weight excluding hydrogens is 386 g/mol. The van der Waals surface area contributed by atoms with E-state index in [4.69, 9.17) is 20.8 Å². The zero-order chi connectivity index (χ0) is 19.2. The summed E-state index contributed by atoms with van der Waals surface area (Å²) < 4.78 is 10.8. The van der Waals surface area contributed by atoms with Crippen molar-refractivity contribution in [2.24, 2.45) is 0 Å². The Labute approximate surface area is 166 Å². The molecule has 0 saturated carbocycles.